The minimum absolute atomic E-state index is 0.237. The Hall–Kier alpha value is -1.15. The van der Waals surface area contributed by atoms with Crippen molar-refractivity contribution in [3.8, 4) is 0 Å². The van der Waals surface area contributed by atoms with Gasteiger partial charge in [-0.25, -0.2) is 0 Å². The van der Waals surface area contributed by atoms with E-state index in [9.17, 15) is 4.79 Å². The number of likely N-dealkylation sites (tertiary alicyclic amines) is 1. The Morgan fingerprint density at radius 2 is 2.07 bits per heavy atom. The molecule has 1 aromatic carbocycles. The van der Waals surface area contributed by atoms with Gasteiger partial charge in [-0.1, -0.05) is 30.3 Å². The summed E-state index contributed by atoms with van der Waals surface area (Å²) in [6, 6.07) is 9.67. The predicted molar refractivity (Wildman–Crippen MR) is 60.1 cm³/mol. The summed E-state index contributed by atoms with van der Waals surface area (Å²) < 4.78 is 0. The molecule has 0 amide bonds. The van der Waals surface area contributed by atoms with E-state index in [0.29, 0.717) is 5.78 Å². The van der Waals surface area contributed by atoms with E-state index in [2.05, 4.69) is 7.05 Å². The molecule has 0 aromatic heterocycles. The van der Waals surface area contributed by atoms with Gasteiger partial charge in [0.05, 0.1) is 26.1 Å². The van der Waals surface area contributed by atoms with Crippen molar-refractivity contribution in [3.05, 3.63) is 35.9 Å². The SMILES string of the molecule is C[NH+]1CCCC(C(=O)c2ccccc2)C1. The quantitative estimate of drug-likeness (QED) is 0.707. The van der Waals surface area contributed by atoms with Crippen LogP contribution in [0.3, 0.4) is 0 Å². The van der Waals surface area contributed by atoms with Crippen molar-refractivity contribution in [3.63, 3.8) is 0 Å². The minimum Gasteiger partial charge on any atom is -0.337 e. The number of benzene rings is 1. The van der Waals surface area contributed by atoms with Crippen molar-refractivity contribution in [2.24, 2.45) is 5.92 Å². The van der Waals surface area contributed by atoms with E-state index in [0.717, 1.165) is 18.5 Å². The normalized spacial score (nSPS) is 26.2. The number of carbonyl (C=O) groups excluding carboxylic acids is 1. The maximum atomic E-state index is 12.1. The molecule has 1 N–H and O–H groups in total. The molecule has 0 bridgehead atoms. The van der Waals surface area contributed by atoms with Crippen molar-refractivity contribution in [2.45, 2.75) is 12.8 Å². The van der Waals surface area contributed by atoms with Crippen LogP contribution in [0.15, 0.2) is 30.3 Å². The molecule has 2 unspecified atom stereocenters. The molecule has 0 radical (unpaired) electrons. The molecular formula is C13H18NO+. The van der Waals surface area contributed by atoms with Gasteiger partial charge in [0.15, 0.2) is 5.78 Å². The van der Waals surface area contributed by atoms with Crippen LogP contribution in [-0.2, 0) is 0 Å². The number of ketones is 1. The third-order valence-corrected chi connectivity index (χ3v) is 3.18. The fourth-order valence-corrected chi connectivity index (χ4v) is 2.34. The molecule has 1 saturated heterocycles. The second-order valence-electron chi connectivity index (χ2n) is 4.48. The molecule has 1 aliphatic rings. The number of carbonyl (C=O) groups is 1. The number of Topliss-reactive ketones (excluding diaryl/α,β-unsaturated/α-hetero) is 1. The molecule has 0 aliphatic carbocycles. The molecule has 2 rings (SSSR count). The van der Waals surface area contributed by atoms with E-state index in [1.807, 2.05) is 30.3 Å². The average Bonchev–Trinajstić information content (AvgIpc) is 2.29. The maximum Gasteiger partial charge on any atom is 0.171 e. The molecule has 1 heterocycles. The van der Waals surface area contributed by atoms with Gasteiger partial charge in [0.25, 0.3) is 0 Å². The molecule has 0 saturated carbocycles. The third kappa shape index (κ3) is 2.45. The summed E-state index contributed by atoms with van der Waals surface area (Å²) in [5.41, 5.74) is 0.872. The molecule has 15 heavy (non-hydrogen) atoms. The van der Waals surface area contributed by atoms with Crippen molar-refractivity contribution in [1.82, 2.24) is 0 Å². The van der Waals surface area contributed by atoms with Crippen molar-refractivity contribution in [1.29, 1.82) is 0 Å². The molecule has 2 atom stereocenters. The van der Waals surface area contributed by atoms with Crippen LogP contribution < -0.4 is 4.90 Å². The number of piperidine rings is 1. The monoisotopic (exact) mass is 204 g/mol. The lowest BCUT2D eigenvalue weighted by molar-refractivity contribution is -0.887. The van der Waals surface area contributed by atoms with Gasteiger partial charge in [0, 0.05) is 5.56 Å². The fourth-order valence-electron chi connectivity index (χ4n) is 2.34. The standard InChI is InChI=1S/C13H17NO/c1-14-9-5-8-12(10-14)13(15)11-6-3-2-4-7-11/h2-4,6-7,12H,5,8-10H2,1H3/p+1. The summed E-state index contributed by atoms with van der Waals surface area (Å²) in [6.07, 6.45) is 2.24. The zero-order valence-electron chi connectivity index (χ0n) is 9.20. The van der Waals surface area contributed by atoms with Crippen LogP contribution in [0.5, 0.6) is 0 Å². The summed E-state index contributed by atoms with van der Waals surface area (Å²) in [4.78, 5) is 13.6. The van der Waals surface area contributed by atoms with Crippen molar-refractivity contribution < 1.29 is 9.69 Å². The van der Waals surface area contributed by atoms with Gasteiger partial charge in [-0.3, -0.25) is 4.79 Å². The number of nitrogens with one attached hydrogen (secondary N) is 1. The molecule has 2 nitrogen and oxygen atoms in total. The van der Waals surface area contributed by atoms with E-state index >= 15 is 0 Å². The van der Waals surface area contributed by atoms with E-state index in [1.54, 1.807) is 0 Å². The lowest BCUT2D eigenvalue weighted by atomic mass is 9.90. The van der Waals surface area contributed by atoms with Gasteiger partial charge in [-0.2, -0.15) is 0 Å². The summed E-state index contributed by atoms with van der Waals surface area (Å²) in [5, 5.41) is 0. The first kappa shape index (κ1) is 10.4. The number of hydrogen-bond acceptors (Lipinski definition) is 1. The van der Waals surface area contributed by atoms with Crippen LogP contribution in [-0.4, -0.2) is 25.9 Å². The van der Waals surface area contributed by atoms with E-state index < -0.39 is 0 Å². The van der Waals surface area contributed by atoms with E-state index in [1.165, 1.54) is 17.9 Å². The molecule has 0 spiro atoms. The van der Waals surface area contributed by atoms with Gasteiger partial charge in [0.1, 0.15) is 0 Å². The highest BCUT2D eigenvalue weighted by atomic mass is 16.1. The number of rotatable bonds is 2. The fraction of sp³-hybridized carbons (Fsp3) is 0.462. The minimum atomic E-state index is 0.237. The summed E-state index contributed by atoms with van der Waals surface area (Å²) in [6.45, 7) is 2.20. The van der Waals surface area contributed by atoms with Gasteiger partial charge in [-0.05, 0) is 12.8 Å². The van der Waals surface area contributed by atoms with Crippen LogP contribution in [0.2, 0.25) is 0 Å². The Labute approximate surface area is 90.9 Å². The lowest BCUT2D eigenvalue weighted by Crippen LogP contribution is -3.10. The second kappa shape index (κ2) is 4.58. The molecule has 1 aromatic rings. The van der Waals surface area contributed by atoms with Gasteiger partial charge in [-0.15, -0.1) is 0 Å². The third-order valence-electron chi connectivity index (χ3n) is 3.18. The average molecular weight is 204 g/mol. The maximum absolute atomic E-state index is 12.1. The van der Waals surface area contributed by atoms with Crippen LogP contribution in [0.4, 0.5) is 0 Å². The highest BCUT2D eigenvalue weighted by Gasteiger charge is 2.27. The Morgan fingerprint density at radius 1 is 1.33 bits per heavy atom. The summed E-state index contributed by atoms with van der Waals surface area (Å²) in [5.74, 6) is 0.566. The van der Waals surface area contributed by atoms with Crippen molar-refractivity contribution in [2.75, 3.05) is 20.1 Å². The van der Waals surface area contributed by atoms with Gasteiger partial charge in [0.2, 0.25) is 0 Å². The van der Waals surface area contributed by atoms with Crippen LogP contribution in [0.1, 0.15) is 23.2 Å². The smallest absolute Gasteiger partial charge is 0.171 e. The molecular weight excluding hydrogens is 186 g/mol. The van der Waals surface area contributed by atoms with E-state index in [4.69, 9.17) is 0 Å². The highest BCUT2D eigenvalue weighted by molar-refractivity contribution is 5.97. The first-order chi connectivity index (χ1) is 7.27. The zero-order valence-corrected chi connectivity index (χ0v) is 9.20. The molecule has 1 fully saturated rings. The van der Waals surface area contributed by atoms with Crippen molar-refractivity contribution >= 4 is 5.78 Å². The Morgan fingerprint density at radius 3 is 2.73 bits per heavy atom. The Kier molecular flexibility index (Phi) is 3.17. The van der Waals surface area contributed by atoms with Gasteiger partial charge >= 0.3 is 0 Å². The largest absolute Gasteiger partial charge is 0.337 e. The number of quaternary nitrogens is 1. The molecule has 80 valence electrons. The highest BCUT2D eigenvalue weighted by Crippen LogP contribution is 2.14. The summed E-state index contributed by atoms with van der Waals surface area (Å²) in [7, 11) is 2.17. The second-order valence-corrected chi connectivity index (χ2v) is 4.48. The first-order valence-corrected chi connectivity index (χ1v) is 5.68. The molecule has 2 heteroatoms. The number of hydrogen-bond donors (Lipinski definition) is 1. The predicted octanol–water partition coefficient (Wildman–Crippen LogP) is 0.794. The molecule has 1 aliphatic heterocycles. The van der Waals surface area contributed by atoms with E-state index in [-0.39, 0.29) is 5.92 Å². The van der Waals surface area contributed by atoms with Crippen LogP contribution >= 0.6 is 0 Å². The lowest BCUT2D eigenvalue weighted by Gasteiger charge is -2.25. The Bertz CT molecular complexity index is 334. The summed E-state index contributed by atoms with van der Waals surface area (Å²) >= 11 is 0. The van der Waals surface area contributed by atoms with Gasteiger partial charge < -0.3 is 4.90 Å². The zero-order chi connectivity index (χ0) is 10.7. The first-order valence-electron chi connectivity index (χ1n) is 5.68. The topological polar surface area (TPSA) is 21.5 Å². The van der Waals surface area contributed by atoms with Crippen LogP contribution in [0, 0.1) is 5.92 Å². The Balaban J connectivity index is 2.08. The van der Waals surface area contributed by atoms with Crippen LogP contribution in [0.25, 0.3) is 0 Å².